The topological polar surface area (TPSA) is 78.5 Å². The second-order valence-electron chi connectivity index (χ2n) is 5.92. The lowest BCUT2D eigenvalue weighted by atomic mass is 10.1. The average molecular weight is 376 g/mol. The van der Waals surface area contributed by atoms with E-state index in [2.05, 4.69) is 0 Å². The molecule has 1 heterocycles. The van der Waals surface area contributed by atoms with E-state index >= 15 is 0 Å². The van der Waals surface area contributed by atoms with Gasteiger partial charge in [0.2, 0.25) is 5.91 Å². The molecular weight excluding hydrogens is 363 g/mol. The van der Waals surface area contributed by atoms with Gasteiger partial charge in [-0.15, -0.1) is 0 Å². The lowest BCUT2D eigenvalue weighted by molar-refractivity contribution is -0.204. The van der Waals surface area contributed by atoms with Crippen LogP contribution in [0.5, 0.6) is 0 Å². The van der Waals surface area contributed by atoms with Crippen LogP contribution in [0.3, 0.4) is 0 Å². The summed E-state index contributed by atoms with van der Waals surface area (Å²) in [5.41, 5.74) is -3.15. The van der Waals surface area contributed by atoms with Gasteiger partial charge in [-0.05, 0) is 24.5 Å². The molecule has 2 aliphatic rings. The third-order valence-electron chi connectivity index (χ3n) is 4.08. The van der Waals surface area contributed by atoms with Crippen molar-refractivity contribution < 1.29 is 27.6 Å². The van der Waals surface area contributed by atoms with E-state index in [9.17, 15) is 27.6 Å². The van der Waals surface area contributed by atoms with E-state index in [1.807, 2.05) is 0 Å². The molecule has 1 saturated heterocycles. The molecule has 1 unspecified atom stereocenters. The molecule has 0 bridgehead atoms. The van der Waals surface area contributed by atoms with Gasteiger partial charge in [-0.2, -0.15) is 13.2 Å². The minimum atomic E-state index is -5.19. The number of urea groups is 1. The Kier molecular flexibility index (Phi) is 4.14. The molecule has 0 radical (unpaired) electrons. The standard InChI is InChI=1S/C15H13ClF3N3O3/c16-10-4-2-1-3-9(10)7-22-12(24)14(15(17,18)19,21-13(22)25)20-11(23)8-5-6-8/h1-4,8H,5-7H2,(H,20,23)(H,21,25). The SMILES string of the molecule is O=C(NC1(C(F)(F)F)NC(=O)N(Cc2ccccc2Cl)C1=O)C1CC1. The summed E-state index contributed by atoms with van der Waals surface area (Å²) >= 11 is 5.93. The summed E-state index contributed by atoms with van der Waals surface area (Å²) in [6.07, 6.45) is -4.30. The summed E-state index contributed by atoms with van der Waals surface area (Å²) < 4.78 is 40.7. The molecular formula is C15H13ClF3N3O3. The van der Waals surface area contributed by atoms with Gasteiger partial charge in [-0.1, -0.05) is 29.8 Å². The fraction of sp³-hybridized carbons (Fsp3) is 0.400. The number of carbonyl (C=O) groups excluding carboxylic acids is 3. The molecule has 134 valence electrons. The molecule has 2 fully saturated rings. The number of carbonyl (C=O) groups is 3. The van der Waals surface area contributed by atoms with Crippen molar-refractivity contribution in [2.75, 3.05) is 0 Å². The van der Waals surface area contributed by atoms with Crippen molar-refractivity contribution >= 4 is 29.4 Å². The zero-order valence-corrected chi connectivity index (χ0v) is 13.4. The lowest BCUT2D eigenvalue weighted by Crippen LogP contribution is -2.69. The molecule has 2 N–H and O–H groups in total. The van der Waals surface area contributed by atoms with Crippen LogP contribution in [0.4, 0.5) is 18.0 Å². The van der Waals surface area contributed by atoms with Crippen LogP contribution >= 0.6 is 11.6 Å². The molecule has 6 nitrogen and oxygen atoms in total. The van der Waals surface area contributed by atoms with E-state index in [1.165, 1.54) is 12.1 Å². The zero-order valence-electron chi connectivity index (χ0n) is 12.7. The van der Waals surface area contributed by atoms with Crippen molar-refractivity contribution in [1.29, 1.82) is 0 Å². The number of amides is 4. The van der Waals surface area contributed by atoms with Gasteiger partial charge in [0.25, 0.3) is 11.6 Å². The highest BCUT2D eigenvalue weighted by Crippen LogP contribution is 2.37. The van der Waals surface area contributed by atoms with E-state index < -0.39 is 42.1 Å². The first-order valence-corrected chi connectivity index (χ1v) is 7.80. The van der Waals surface area contributed by atoms with Crippen LogP contribution in [0.2, 0.25) is 5.02 Å². The summed E-state index contributed by atoms with van der Waals surface area (Å²) in [6.45, 7) is -0.443. The van der Waals surface area contributed by atoms with Gasteiger partial charge in [0.1, 0.15) is 0 Å². The van der Waals surface area contributed by atoms with E-state index in [4.69, 9.17) is 11.6 Å². The number of hydrogen-bond donors (Lipinski definition) is 2. The number of alkyl halides is 3. The second kappa shape index (κ2) is 5.91. The molecule has 0 aromatic heterocycles. The normalized spacial score (nSPS) is 23.6. The van der Waals surface area contributed by atoms with Gasteiger partial charge in [0.15, 0.2) is 0 Å². The third kappa shape index (κ3) is 3.04. The monoisotopic (exact) mass is 375 g/mol. The van der Waals surface area contributed by atoms with E-state index in [0.717, 1.165) is 0 Å². The van der Waals surface area contributed by atoms with Gasteiger partial charge in [-0.3, -0.25) is 19.8 Å². The Morgan fingerprint density at radius 2 is 1.96 bits per heavy atom. The summed E-state index contributed by atoms with van der Waals surface area (Å²) in [5.74, 6) is -3.06. The van der Waals surface area contributed by atoms with Gasteiger partial charge in [0, 0.05) is 10.9 Å². The Morgan fingerprint density at radius 1 is 1.32 bits per heavy atom. The summed E-state index contributed by atoms with van der Waals surface area (Å²) in [5, 5.41) is 3.49. The van der Waals surface area contributed by atoms with Gasteiger partial charge >= 0.3 is 12.2 Å². The Bertz CT molecular complexity index is 751. The van der Waals surface area contributed by atoms with Crippen molar-refractivity contribution in [2.24, 2.45) is 5.92 Å². The van der Waals surface area contributed by atoms with Crippen molar-refractivity contribution in [3.63, 3.8) is 0 Å². The minimum absolute atomic E-state index is 0.203. The van der Waals surface area contributed by atoms with Crippen molar-refractivity contribution in [2.45, 2.75) is 31.2 Å². The maximum Gasteiger partial charge on any atom is 0.440 e. The molecule has 0 spiro atoms. The first-order valence-electron chi connectivity index (χ1n) is 7.42. The molecule has 1 aromatic carbocycles. The van der Waals surface area contributed by atoms with Crippen LogP contribution in [0.25, 0.3) is 0 Å². The average Bonchev–Trinajstić information content (AvgIpc) is 3.33. The number of benzene rings is 1. The first-order chi connectivity index (χ1) is 11.7. The third-order valence-corrected chi connectivity index (χ3v) is 4.44. The molecule has 1 atom stereocenters. The summed E-state index contributed by atoms with van der Waals surface area (Å²) in [4.78, 5) is 36.7. The van der Waals surface area contributed by atoms with Crippen molar-refractivity contribution in [1.82, 2.24) is 15.5 Å². The van der Waals surface area contributed by atoms with Crippen LogP contribution in [-0.2, 0) is 16.1 Å². The maximum absolute atomic E-state index is 13.6. The number of hydrogen-bond acceptors (Lipinski definition) is 3. The van der Waals surface area contributed by atoms with Gasteiger partial charge in [-0.25, -0.2) is 4.79 Å². The first kappa shape index (κ1) is 17.5. The summed E-state index contributed by atoms with van der Waals surface area (Å²) in [6, 6.07) is 4.90. The fourth-order valence-electron chi connectivity index (χ4n) is 2.50. The van der Waals surface area contributed by atoms with E-state index in [0.29, 0.717) is 23.3 Å². The quantitative estimate of drug-likeness (QED) is 0.792. The molecule has 1 aliphatic carbocycles. The molecule has 1 aromatic rings. The number of nitrogens with zero attached hydrogens (tertiary/aromatic N) is 1. The van der Waals surface area contributed by atoms with E-state index in [-0.39, 0.29) is 5.02 Å². The highest BCUT2D eigenvalue weighted by atomic mass is 35.5. The fourth-order valence-corrected chi connectivity index (χ4v) is 2.69. The Balaban J connectivity index is 1.90. The maximum atomic E-state index is 13.6. The highest BCUT2D eigenvalue weighted by Gasteiger charge is 2.69. The molecule has 10 heteroatoms. The predicted octanol–water partition coefficient (Wildman–Crippen LogP) is 2.18. The Hall–Kier alpha value is -2.29. The van der Waals surface area contributed by atoms with Crippen molar-refractivity contribution in [3.8, 4) is 0 Å². The number of rotatable bonds is 4. The number of nitrogens with one attached hydrogen (secondary N) is 2. The van der Waals surface area contributed by atoms with Gasteiger partial charge < -0.3 is 5.32 Å². The molecule has 4 amide bonds. The highest BCUT2D eigenvalue weighted by molar-refractivity contribution is 6.31. The van der Waals surface area contributed by atoms with Gasteiger partial charge in [0.05, 0.1) is 6.54 Å². The van der Waals surface area contributed by atoms with Crippen LogP contribution < -0.4 is 10.6 Å². The predicted molar refractivity (Wildman–Crippen MR) is 80.2 cm³/mol. The molecule has 3 rings (SSSR count). The minimum Gasteiger partial charge on any atom is -0.318 e. The number of halogens is 4. The molecule has 1 saturated carbocycles. The van der Waals surface area contributed by atoms with Crippen LogP contribution in [0.15, 0.2) is 24.3 Å². The van der Waals surface area contributed by atoms with Crippen molar-refractivity contribution in [3.05, 3.63) is 34.9 Å². The number of imide groups is 1. The lowest BCUT2D eigenvalue weighted by Gasteiger charge is -2.29. The smallest absolute Gasteiger partial charge is 0.318 e. The zero-order chi connectivity index (χ0) is 18.4. The molecule has 1 aliphatic heterocycles. The molecule has 25 heavy (non-hydrogen) atoms. The van der Waals surface area contributed by atoms with Crippen LogP contribution in [-0.4, -0.2) is 34.6 Å². The van der Waals surface area contributed by atoms with E-state index in [1.54, 1.807) is 22.8 Å². The van der Waals surface area contributed by atoms with Crippen LogP contribution in [0, 0.1) is 5.92 Å². The second-order valence-corrected chi connectivity index (χ2v) is 6.33. The largest absolute Gasteiger partial charge is 0.440 e. The van der Waals surface area contributed by atoms with Crippen LogP contribution in [0.1, 0.15) is 18.4 Å². The Morgan fingerprint density at radius 3 is 2.52 bits per heavy atom. The Labute approximate surface area is 145 Å². The summed E-state index contributed by atoms with van der Waals surface area (Å²) in [7, 11) is 0.